The predicted octanol–water partition coefficient (Wildman–Crippen LogP) is 2.14. The van der Waals surface area contributed by atoms with Crippen LogP contribution in [0.1, 0.15) is 18.7 Å². The number of nitrogens with one attached hydrogen (secondary N) is 1. The van der Waals surface area contributed by atoms with Gasteiger partial charge < -0.3 is 14.6 Å². The van der Waals surface area contributed by atoms with Gasteiger partial charge in [-0.3, -0.25) is 4.98 Å². The van der Waals surface area contributed by atoms with Crippen molar-refractivity contribution in [2.75, 3.05) is 25.6 Å². The molecule has 1 N–H and O–H groups in total. The maximum absolute atomic E-state index is 5.17. The van der Waals surface area contributed by atoms with E-state index in [0.29, 0.717) is 6.61 Å². The van der Waals surface area contributed by atoms with E-state index in [4.69, 9.17) is 4.74 Å². The molecule has 102 valence electrons. The molecule has 19 heavy (non-hydrogen) atoms. The predicted molar refractivity (Wildman–Crippen MR) is 75.2 cm³/mol. The number of hydrogen-bond donors (Lipinski definition) is 1. The van der Waals surface area contributed by atoms with Crippen molar-refractivity contribution in [1.29, 1.82) is 0 Å². The number of imidazole rings is 1. The third-order valence-electron chi connectivity index (χ3n) is 2.94. The average molecular weight is 260 g/mol. The number of methoxy groups -OCH3 is 1. The molecule has 1 unspecified atom stereocenters. The number of aromatic nitrogens is 3. The minimum absolute atomic E-state index is 0.268. The third kappa shape index (κ3) is 3.79. The second-order valence-corrected chi connectivity index (χ2v) is 4.46. The van der Waals surface area contributed by atoms with Gasteiger partial charge in [-0.15, -0.1) is 0 Å². The molecule has 2 aromatic rings. The van der Waals surface area contributed by atoms with Crippen LogP contribution in [0.3, 0.4) is 0 Å². The fourth-order valence-corrected chi connectivity index (χ4v) is 1.98. The first-order chi connectivity index (χ1) is 9.31. The van der Waals surface area contributed by atoms with Crippen LogP contribution >= 0.6 is 0 Å². The lowest BCUT2D eigenvalue weighted by atomic mass is 10.3. The lowest BCUT2D eigenvalue weighted by Gasteiger charge is -2.16. The van der Waals surface area contributed by atoms with Crippen LogP contribution in [0.25, 0.3) is 0 Å². The molecule has 5 heteroatoms. The molecule has 0 fully saturated rings. The molecule has 0 aliphatic carbocycles. The normalized spacial score (nSPS) is 12.3. The minimum Gasteiger partial charge on any atom is -0.383 e. The summed E-state index contributed by atoms with van der Waals surface area (Å²) >= 11 is 0. The number of rotatable bonds is 7. The molecule has 0 aromatic carbocycles. The van der Waals surface area contributed by atoms with Gasteiger partial charge in [0.05, 0.1) is 12.6 Å². The summed E-state index contributed by atoms with van der Waals surface area (Å²) in [6.07, 6.45) is 6.46. The summed E-state index contributed by atoms with van der Waals surface area (Å²) in [6.45, 7) is 3.59. The smallest absolute Gasteiger partial charge is 0.203 e. The van der Waals surface area contributed by atoms with Gasteiger partial charge in [0.15, 0.2) is 0 Å². The molecule has 2 heterocycles. The average Bonchev–Trinajstić information content (AvgIpc) is 2.89. The maximum atomic E-state index is 5.17. The van der Waals surface area contributed by atoms with E-state index >= 15 is 0 Å². The molecule has 0 saturated carbocycles. The van der Waals surface area contributed by atoms with E-state index in [-0.39, 0.29) is 6.04 Å². The van der Waals surface area contributed by atoms with E-state index in [1.54, 1.807) is 13.3 Å². The summed E-state index contributed by atoms with van der Waals surface area (Å²) in [5, 5.41) is 3.34. The van der Waals surface area contributed by atoms with Crippen molar-refractivity contribution in [3.8, 4) is 0 Å². The van der Waals surface area contributed by atoms with Crippen LogP contribution in [0.15, 0.2) is 36.8 Å². The molecule has 2 rings (SSSR count). The van der Waals surface area contributed by atoms with Gasteiger partial charge in [0.25, 0.3) is 0 Å². The van der Waals surface area contributed by atoms with Crippen molar-refractivity contribution in [3.63, 3.8) is 0 Å². The van der Waals surface area contributed by atoms with Crippen molar-refractivity contribution in [3.05, 3.63) is 42.5 Å². The molecule has 5 nitrogen and oxygen atoms in total. The zero-order chi connectivity index (χ0) is 13.5. The van der Waals surface area contributed by atoms with Crippen molar-refractivity contribution in [1.82, 2.24) is 14.5 Å². The molecule has 0 aliphatic heterocycles. The van der Waals surface area contributed by atoms with Crippen molar-refractivity contribution in [2.45, 2.75) is 19.4 Å². The highest BCUT2D eigenvalue weighted by atomic mass is 16.5. The van der Waals surface area contributed by atoms with Gasteiger partial charge in [0, 0.05) is 44.4 Å². The Kier molecular flexibility index (Phi) is 4.92. The SMILES string of the molecule is COCC(C)n1ccnc1NCCc1ccccn1. The molecule has 0 bridgehead atoms. The van der Waals surface area contributed by atoms with Crippen LogP contribution in [0.2, 0.25) is 0 Å². The fraction of sp³-hybridized carbons (Fsp3) is 0.429. The molecule has 0 amide bonds. The Hall–Kier alpha value is -1.88. The number of anilines is 1. The zero-order valence-corrected chi connectivity index (χ0v) is 11.4. The lowest BCUT2D eigenvalue weighted by molar-refractivity contribution is 0.163. The molecule has 0 spiro atoms. The van der Waals surface area contributed by atoms with Crippen molar-refractivity contribution >= 4 is 5.95 Å². The van der Waals surface area contributed by atoms with Gasteiger partial charge in [-0.25, -0.2) is 4.98 Å². The van der Waals surface area contributed by atoms with E-state index in [9.17, 15) is 0 Å². The van der Waals surface area contributed by atoms with Crippen molar-refractivity contribution < 1.29 is 4.74 Å². The number of pyridine rings is 1. The molecule has 0 radical (unpaired) electrons. The molecule has 0 aliphatic rings. The van der Waals surface area contributed by atoms with Crippen LogP contribution in [0, 0.1) is 0 Å². The standard InChI is InChI=1S/C14H20N4O/c1-12(11-19-2)18-10-9-17-14(18)16-8-6-13-5-3-4-7-15-13/h3-5,7,9-10,12H,6,8,11H2,1-2H3,(H,16,17). The monoisotopic (exact) mass is 260 g/mol. The zero-order valence-electron chi connectivity index (χ0n) is 11.4. The van der Waals surface area contributed by atoms with E-state index in [1.165, 1.54) is 0 Å². The summed E-state index contributed by atoms with van der Waals surface area (Å²) in [5.74, 6) is 0.875. The lowest BCUT2D eigenvalue weighted by Crippen LogP contribution is -2.16. The number of nitrogens with zero attached hydrogens (tertiary/aromatic N) is 3. The fourth-order valence-electron chi connectivity index (χ4n) is 1.98. The summed E-state index contributed by atoms with van der Waals surface area (Å²) in [7, 11) is 1.71. The van der Waals surface area contributed by atoms with Crippen LogP contribution in [-0.4, -0.2) is 34.8 Å². The van der Waals surface area contributed by atoms with Gasteiger partial charge in [0.1, 0.15) is 0 Å². The minimum atomic E-state index is 0.268. The maximum Gasteiger partial charge on any atom is 0.203 e. The first-order valence-corrected chi connectivity index (χ1v) is 6.47. The van der Waals surface area contributed by atoms with Gasteiger partial charge in [-0.05, 0) is 19.1 Å². The number of hydrogen-bond acceptors (Lipinski definition) is 4. The highest BCUT2D eigenvalue weighted by molar-refractivity contribution is 5.27. The molecular weight excluding hydrogens is 240 g/mol. The first-order valence-electron chi connectivity index (χ1n) is 6.47. The largest absolute Gasteiger partial charge is 0.383 e. The summed E-state index contributed by atoms with van der Waals surface area (Å²) < 4.78 is 7.26. The molecule has 2 aromatic heterocycles. The molecular formula is C14H20N4O. The Morgan fingerprint density at radius 1 is 1.32 bits per heavy atom. The Morgan fingerprint density at radius 2 is 2.21 bits per heavy atom. The quantitative estimate of drug-likeness (QED) is 0.828. The van der Waals surface area contributed by atoms with Crippen molar-refractivity contribution in [2.24, 2.45) is 0 Å². The summed E-state index contributed by atoms with van der Waals surface area (Å²) in [6, 6.07) is 6.23. The Morgan fingerprint density at radius 3 is 2.95 bits per heavy atom. The van der Waals surface area contributed by atoms with Gasteiger partial charge in [-0.1, -0.05) is 6.07 Å². The Labute approximate surface area is 113 Å². The van der Waals surface area contributed by atoms with E-state index in [2.05, 4.69) is 26.8 Å². The van der Waals surface area contributed by atoms with Gasteiger partial charge in [-0.2, -0.15) is 0 Å². The number of ether oxygens (including phenoxy) is 1. The van der Waals surface area contributed by atoms with E-state index in [1.807, 2.05) is 30.6 Å². The first kappa shape index (κ1) is 13.5. The summed E-state index contributed by atoms with van der Waals surface area (Å²) in [4.78, 5) is 8.62. The Balaban J connectivity index is 1.88. The van der Waals surface area contributed by atoms with Crippen LogP contribution in [-0.2, 0) is 11.2 Å². The van der Waals surface area contributed by atoms with E-state index in [0.717, 1.165) is 24.6 Å². The van der Waals surface area contributed by atoms with Gasteiger partial charge in [0.2, 0.25) is 5.95 Å². The molecule has 0 saturated heterocycles. The van der Waals surface area contributed by atoms with Gasteiger partial charge >= 0.3 is 0 Å². The Bertz CT molecular complexity index is 483. The second-order valence-electron chi connectivity index (χ2n) is 4.46. The molecule has 1 atom stereocenters. The summed E-state index contributed by atoms with van der Waals surface area (Å²) in [5.41, 5.74) is 1.08. The third-order valence-corrected chi connectivity index (χ3v) is 2.94. The second kappa shape index (κ2) is 6.89. The van der Waals surface area contributed by atoms with E-state index < -0.39 is 0 Å². The topological polar surface area (TPSA) is 52.0 Å². The highest BCUT2D eigenvalue weighted by Gasteiger charge is 2.09. The highest BCUT2D eigenvalue weighted by Crippen LogP contribution is 2.13. The van der Waals surface area contributed by atoms with Crippen LogP contribution in [0.5, 0.6) is 0 Å². The van der Waals surface area contributed by atoms with Crippen LogP contribution in [0.4, 0.5) is 5.95 Å². The van der Waals surface area contributed by atoms with Crippen LogP contribution < -0.4 is 5.32 Å².